The highest BCUT2D eigenvalue weighted by Gasteiger charge is 2.33. The van der Waals surface area contributed by atoms with E-state index in [1.165, 1.54) is 19.3 Å². The molecule has 78 valence electrons. The van der Waals surface area contributed by atoms with Crippen LogP contribution < -0.4 is 5.32 Å². The quantitative estimate of drug-likeness (QED) is 0.778. The van der Waals surface area contributed by atoms with Gasteiger partial charge in [-0.25, -0.2) is 4.98 Å². The van der Waals surface area contributed by atoms with Crippen LogP contribution in [0.1, 0.15) is 33.1 Å². The Bertz CT molecular complexity index is 292. The molecule has 1 aliphatic rings. The Morgan fingerprint density at radius 2 is 2.43 bits per heavy atom. The number of rotatable bonds is 5. The van der Waals surface area contributed by atoms with Crippen LogP contribution in [0.3, 0.4) is 0 Å². The van der Waals surface area contributed by atoms with E-state index < -0.39 is 0 Å². The van der Waals surface area contributed by atoms with E-state index in [1.807, 2.05) is 6.20 Å². The summed E-state index contributed by atoms with van der Waals surface area (Å²) in [6, 6.07) is 0.665. The van der Waals surface area contributed by atoms with E-state index in [1.54, 1.807) is 0 Å². The van der Waals surface area contributed by atoms with Crippen molar-refractivity contribution < 1.29 is 0 Å². The fraction of sp³-hybridized carbons (Fsp3) is 0.727. The Hall–Kier alpha value is -0.990. The Labute approximate surface area is 85.5 Å². The number of aryl methyl sites for hydroxylation is 1. The summed E-state index contributed by atoms with van der Waals surface area (Å²) in [6.45, 7) is 5.57. The van der Waals surface area contributed by atoms with Crippen LogP contribution in [0.2, 0.25) is 0 Å². The molecule has 2 rings (SSSR count). The average molecular weight is 193 g/mol. The topological polar surface area (TPSA) is 29.9 Å². The van der Waals surface area contributed by atoms with Gasteiger partial charge in [0.1, 0.15) is 0 Å². The SMILES string of the molecule is CCCCn1ccnc1NC1CC1C. The average Bonchev–Trinajstić information content (AvgIpc) is 2.70. The minimum absolute atomic E-state index is 0.665. The van der Waals surface area contributed by atoms with Crippen LogP contribution in [0, 0.1) is 5.92 Å². The minimum Gasteiger partial charge on any atom is -0.353 e. The molecule has 1 fully saturated rings. The lowest BCUT2D eigenvalue weighted by molar-refractivity contribution is 0.634. The number of aromatic nitrogens is 2. The van der Waals surface area contributed by atoms with Crippen molar-refractivity contribution in [2.75, 3.05) is 5.32 Å². The van der Waals surface area contributed by atoms with Crippen LogP contribution in [-0.4, -0.2) is 15.6 Å². The van der Waals surface area contributed by atoms with Crippen molar-refractivity contribution in [2.45, 2.75) is 45.7 Å². The van der Waals surface area contributed by atoms with Crippen LogP contribution in [0.5, 0.6) is 0 Å². The second-order valence-corrected chi connectivity index (χ2v) is 4.26. The molecule has 1 saturated carbocycles. The zero-order valence-corrected chi connectivity index (χ0v) is 9.03. The number of imidazole rings is 1. The van der Waals surface area contributed by atoms with Gasteiger partial charge < -0.3 is 9.88 Å². The number of hydrogen-bond acceptors (Lipinski definition) is 2. The van der Waals surface area contributed by atoms with Crippen molar-refractivity contribution in [1.29, 1.82) is 0 Å². The minimum atomic E-state index is 0.665. The largest absolute Gasteiger partial charge is 0.353 e. The zero-order valence-electron chi connectivity index (χ0n) is 9.03. The normalized spacial score (nSPS) is 25.0. The number of nitrogens with zero attached hydrogens (tertiary/aromatic N) is 2. The van der Waals surface area contributed by atoms with E-state index in [0.717, 1.165) is 18.4 Å². The molecule has 2 unspecified atom stereocenters. The summed E-state index contributed by atoms with van der Waals surface area (Å²) in [5, 5.41) is 3.47. The summed E-state index contributed by atoms with van der Waals surface area (Å²) in [4.78, 5) is 4.34. The number of unbranched alkanes of at least 4 members (excludes halogenated alkanes) is 1. The highest BCUT2D eigenvalue weighted by atomic mass is 15.2. The third-order valence-corrected chi connectivity index (χ3v) is 2.89. The Morgan fingerprint density at radius 1 is 1.64 bits per heavy atom. The van der Waals surface area contributed by atoms with Gasteiger partial charge in [0.2, 0.25) is 5.95 Å². The van der Waals surface area contributed by atoms with E-state index >= 15 is 0 Å². The van der Waals surface area contributed by atoms with Crippen LogP contribution in [0.4, 0.5) is 5.95 Å². The summed E-state index contributed by atoms with van der Waals surface area (Å²) in [5.74, 6) is 1.87. The maximum absolute atomic E-state index is 4.34. The summed E-state index contributed by atoms with van der Waals surface area (Å²) in [7, 11) is 0. The van der Waals surface area contributed by atoms with Crippen molar-refractivity contribution in [3.8, 4) is 0 Å². The molecule has 0 bridgehead atoms. The van der Waals surface area contributed by atoms with Gasteiger partial charge in [-0.3, -0.25) is 0 Å². The van der Waals surface area contributed by atoms with Crippen LogP contribution in [-0.2, 0) is 6.54 Å². The van der Waals surface area contributed by atoms with E-state index in [4.69, 9.17) is 0 Å². The van der Waals surface area contributed by atoms with Crippen molar-refractivity contribution >= 4 is 5.95 Å². The lowest BCUT2D eigenvalue weighted by atomic mass is 10.3. The van der Waals surface area contributed by atoms with E-state index in [2.05, 4.69) is 34.9 Å². The first kappa shape index (κ1) is 9.56. The second kappa shape index (κ2) is 4.03. The second-order valence-electron chi connectivity index (χ2n) is 4.26. The third-order valence-electron chi connectivity index (χ3n) is 2.89. The predicted octanol–water partition coefficient (Wildman–Crippen LogP) is 2.50. The van der Waals surface area contributed by atoms with Gasteiger partial charge in [0, 0.05) is 25.0 Å². The van der Waals surface area contributed by atoms with Gasteiger partial charge in [-0.2, -0.15) is 0 Å². The molecule has 2 atom stereocenters. The maximum Gasteiger partial charge on any atom is 0.202 e. The van der Waals surface area contributed by atoms with Gasteiger partial charge in [0.05, 0.1) is 0 Å². The molecule has 1 aromatic heterocycles. The molecule has 1 N–H and O–H groups in total. The smallest absolute Gasteiger partial charge is 0.202 e. The molecule has 0 saturated heterocycles. The first-order valence-corrected chi connectivity index (χ1v) is 5.59. The highest BCUT2D eigenvalue weighted by molar-refractivity contribution is 5.30. The zero-order chi connectivity index (χ0) is 9.97. The summed E-state index contributed by atoms with van der Waals surface area (Å²) < 4.78 is 2.22. The van der Waals surface area contributed by atoms with Gasteiger partial charge in [-0.1, -0.05) is 20.3 Å². The molecule has 0 aromatic carbocycles. The molecule has 1 aliphatic carbocycles. The molecule has 3 heteroatoms. The van der Waals surface area contributed by atoms with Gasteiger partial charge in [-0.15, -0.1) is 0 Å². The fourth-order valence-electron chi connectivity index (χ4n) is 1.65. The van der Waals surface area contributed by atoms with Gasteiger partial charge >= 0.3 is 0 Å². The highest BCUT2D eigenvalue weighted by Crippen LogP contribution is 2.32. The molecular weight excluding hydrogens is 174 g/mol. The molecule has 3 nitrogen and oxygen atoms in total. The van der Waals surface area contributed by atoms with Crippen LogP contribution in [0.25, 0.3) is 0 Å². The standard InChI is InChI=1S/C11H19N3/c1-3-4-6-14-7-5-12-11(14)13-10-8-9(10)2/h5,7,9-10H,3-4,6,8H2,1-2H3,(H,12,13). The number of nitrogens with one attached hydrogen (secondary N) is 1. The van der Waals surface area contributed by atoms with Crippen molar-refractivity contribution in [1.82, 2.24) is 9.55 Å². The molecular formula is C11H19N3. The maximum atomic E-state index is 4.34. The molecule has 1 heterocycles. The summed E-state index contributed by atoms with van der Waals surface area (Å²) >= 11 is 0. The molecule has 1 aromatic rings. The lowest BCUT2D eigenvalue weighted by Gasteiger charge is -2.08. The van der Waals surface area contributed by atoms with Crippen molar-refractivity contribution in [3.05, 3.63) is 12.4 Å². The van der Waals surface area contributed by atoms with Crippen molar-refractivity contribution in [2.24, 2.45) is 5.92 Å². The Morgan fingerprint density at radius 3 is 3.07 bits per heavy atom. The molecule has 0 amide bonds. The summed E-state index contributed by atoms with van der Waals surface area (Å²) in [6.07, 6.45) is 7.69. The van der Waals surface area contributed by atoms with Gasteiger partial charge in [0.15, 0.2) is 0 Å². The first-order chi connectivity index (χ1) is 6.81. The third kappa shape index (κ3) is 2.08. The number of hydrogen-bond donors (Lipinski definition) is 1. The van der Waals surface area contributed by atoms with Crippen LogP contribution >= 0.6 is 0 Å². The monoisotopic (exact) mass is 193 g/mol. The fourth-order valence-corrected chi connectivity index (χ4v) is 1.65. The van der Waals surface area contributed by atoms with Crippen LogP contribution in [0.15, 0.2) is 12.4 Å². The first-order valence-electron chi connectivity index (χ1n) is 5.59. The van der Waals surface area contributed by atoms with Gasteiger partial charge in [-0.05, 0) is 18.8 Å². The Balaban J connectivity index is 1.91. The lowest BCUT2D eigenvalue weighted by Crippen LogP contribution is -2.10. The van der Waals surface area contributed by atoms with Crippen molar-refractivity contribution in [3.63, 3.8) is 0 Å². The molecule has 14 heavy (non-hydrogen) atoms. The molecule has 0 spiro atoms. The van der Waals surface area contributed by atoms with E-state index in [9.17, 15) is 0 Å². The Kier molecular flexibility index (Phi) is 2.75. The summed E-state index contributed by atoms with van der Waals surface area (Å²) in [5.41, 5.74) is 0. The predicted molar refractivity (Wildman–Crippen MR) is 58.3 cm³/mol. The van der Waals surface area contributed by atoms with Gasteiger partial charge in [0.25, 0.3) is 0 Å². The van der Waals surface area contributed by atoms with E-state index in [-0.39, 0.29) is 0 Å². The molecule has 0 radical (unpaired) electrons. The molecule has 0 aliphatic heterocycles. The number of anilines is 1. The van der Waals surface area contributed by atoms with E-state index in [0.29, 0.717) is 6.04 Å².